The molecule has 134 valence electrons. The summed E-state index contributed by atoms with van der Waals surface area (Å²) in [5, 5.41) is 0.733. The van der Waals surface area contributed by atoms with Crippen LogP contribution in [0.4, 0.5) is 4.79 Å². The molecule has 3 N–H and O–H groups in total. The first-order valence-corrected chi connectivity index (χ1v) is 8.71. The summed E-state index contributed by atoms with van der Waals surface area (Å²) in [6.45, 7) is 6.43. The maximum Gasteiger partial charge on any atom is 0.421 e. The normalized spacial score (nSPS) is 9.84. The Balaban J connectivity index is 0.000000381. The summed E-state index contributed by atoms with van der Waals surface area (Å²) in [7, 11) is 0. The van der Waals surface area contributed by atoms with Crippen LogP contribution in [0.5, 0.6) is 0 Å². The molecule has 0 saturated heterocycles. The fourth-order valence-corrected chi connectivity index (χ4v) is 2.36. The van der Waals surface area contributed by atoms with Gasteiger partial charge in [0.15, 0.2) is 0 Å². The minimum absolute atomic E-state index is 0.350. The number of rotatable bonds is 4. The van der Waals surface area contributed by atoms with E-state index in [-0.39, 0.29) is 0 Å². The topological polar surface area (TPSA) is 64.3 Å². The minimum Gasteiger partial charge on any atom is -0.449 e. The van der Waals surface area contributed by atoms with Crippen molar-refractivity contribution in [2.45, 2.75) is 26.7 Å². The monoisotopic (exact) mass is 378 g/mol. The zero-order valence-corrected chi connectivity index (χ0v) is 16.2. The van der Waals surface area contributed by atoms with Crippen LogP contribution in [0, 0.1) is 0 Å². The van der Waals surface area contributed by atoms with Crippen LogP contribution in [0.25, 0.3) is 0 Å². The Bertz CT molecular complexity index is 686. The van der Waals surface area contributed by atoms with Gasteiger partial charge in [-0.2, -0.15) is 0 Å². The third-order valence-electron chi connectivity index (χ3n) is 3.34. The van der Waals surface area contributed by atoms with E-state index in [0.717, 1.165) is 21.0 Å². The van der Waals surface area contributed by atoms with E-state index in [0.29, 0.717) is 12.5 Å². The lowest BCUT2D eigenvalue weighted by Crippen LogP contribution is -2.30. The van der Waals surface area contributed by atoms with Crippen molar-refractivity contribution in [2.75, 3.05) is 6.61 Å². The van der Waals surface area contributed by atoms with Gasteiger partial charge in [0.05, 0.1) is 11.5 Å². The SMILES string of the molecule is CC(C)c1ccc(C(=S)c2ccc(Cl)cc2)cc1.CCOC(=O)NN. The van der Waals surface area contributed by atoms with E-state index >= 15 is 0 Å². The van der Waals surface area contributed by atoms with E-state index in [2.05, 4.69) is 48.7 Å². The van der Waals surface area contributed by atoms with Crippen LogP contribution in [-0.2, 0) is 4.74 Å². The minimum atomic E-state index is -0.595. The van der Waals surface area contributed by atoms with Crippen LogP contribution >= 0.6 is 23.8 Å². The summed E-state index contributed by atoms with van der Waals surface area (Å²) < 4.78 is 4.32. The van der Waals surface area contributed by atoms with Gasteiger partial charge in [0.2, 0.25) is 0 Å². The Morgan fingerprint density at radius 2 is 1.60 bits per heavy atom. The van der Waals surface area contributed by atoms with Gasteiger partial charge in [-0.3, -0.25) is 5.43 Å². The van der Waals surface area contributed by atoms with Crippen molar-refractivity contribution in [1.82, 2.24) is 5.43 Å². The lowest BCUT2D eigenvalue weighted by atomic mass is 9.99. The van der Waals surface area contributed by atoms with E-state index in [1.807, 2.05) is 24.3 Å². The van der Waals surface area contributed by atoms with Gasteiger partial charge in [0.25, 0.3) is 0 Å². The highest BCUT2D eigenvalue weighted by Crippen LogP contribution is 2.18. The van der Waals surface area contributed by atoms with Crippen molar-refractivity contribution in [1.29, 1.82) is 0 Å². The Kier molecular flexibility index (Phi) is 9.13. The van der Waals surface area contributed by atoms with Crippen LogP contribution < -0.4 is 11.3 Å². The molecule has 0 unspecified atom stereocenters. The highest BCUT2D eigenvalue weighted by atomic mass is 35.5. The number of nitrogens with two attached hydrogens (primary N) is 1. The number of ether oxygens (including phenoxy) is 1. The number of thiocarbonyl (C=S) groups is 1. The van der Waals surface area contributed by atoms with E-state index in [9.17, 15) is 4.79 Å². The van der Waals surface area contributed by atoms with Gasteiger partial charge >= 0.3 is 6.09 Å². The van der Waals surface area contributed by atoms with Gasteiger partial charge in [-0.15, -0.1) is 0 Å². The number of hydrogen-bond acceptors (Lipinski definition) is 4. The Morgan fingerprint density at radius 3 is 1.96 bits per heavy atom. The first kappa shape index (κ1) is 21.1. The Morgan fingerprint density at radius 1 is 1.12 bits per heavy atom. The van der Waals surface area contributed by atoms with E-state index < -0.39 is 6.09 Å². The first-order chi connectivity index (χ1) is 11.9. The van der Waals surface area contributed by atoms with Gasteiger partial charge in [-0.25, -0.2) is 10.6 Å². The quantitative estimate of drug-likeness (QED) is 0.263. The van der Waals surface area contributed by atoms with Crippen LogP contribution in [0.3, 0.4) is 0 Å². The van der Waals surface area contributed by atoms with Crippen molar-refractivity contribution < 1.29 is 9.53 Å². The highest BCUT2D eigenvalue weighted by Gasteiger charge is 2.05. The van der Waals surface area contributed by atoms with Crippen molar-refractivity contribution in [3.05, 3.63) is 70.2 Å². The van der Waals surface area contributed by atoms with Crippen molar-refractivity contribution >= 4 is 34.8 Å². The Hall–Kier alpha value is -1.95. The van der Waals surface area contributed by atoms with Crippen LogP contribution in [0.1, 0.15) is 43.4 Å². The van der Waals surface area contributed by atoms with Crippen LogP contribution in [0.15, 0.2) is 48.5 Å². The Labute approximate surface area is 159 Å². The molecule has 6 heteroatoms. The molecule has 0 aliphatic rings. The zero-order chi connectivity index (χ0) is 18.8. The standard InChI is InChI=1S/C16H15ClS.C3H8N2O2/c1-11(2)12-3-5-13(6-4-12)16(18)14-7-9-15(17)10-8-14;1-2-7-3(6)5-4/h3-11H,1-2H3;2,4H2,1H3,(H,5,6). The highest BCUT2D eigenvalue weighted by molar-refractivity contribution is 7.81. The molecule has 2 aromatic carbocycles. The molecule has 0 aliphatic heterocycles. The number of halogens is 1. The first-order valence-electron chi connectivity index (χ1n) is 7.92. The van der Waals surface area contributed by atoms with Gasteiger partial charge in [-0.1, -0.05) is 74.1 Å². The molecule has 0 saturated carbocycles. The van der Waals surface area contributed by atoms with Gasteiger partial charge in [0, 0.05) is 5.02 Å². The number of hydrogen-bond donors (Lipinski definition) is 2. The van der Waals surface area contributed by atoms with E-state index in [1.165, 1.54) is 5.56 Å². The summed E-state index contributed by atoms with van der Waals surface area (Å²) in [5.74, 6) is 5.18. The molecular weight excluding hydrogens is 356 g/mol. The number of carbonyl (C=O) groups excluding carboxylic acids is 1. The number of nitrogens with one attached hydrogen (secondary N) is 1. The molecule has 0 aromatic heterocycles. The maximum atomic E-state index is 9.95. The fraction of sp³-hybridized carbons (Fsp3) is 0.263. The van der Waals surface area contributed by atoms with Crippen LogP contribution in [-0.4, -0.2) is 17.6 Å². The second-order valence-corrected chi connectivity index (χ2v) is 6.32. The van der Waals surface area contributed by atoms with Gasteiger partial charge in [-0.05, 0) is 41.7 Å². The summed E-state index contributed by atoms with van der Waals surface area (Å²) in [6.07, 6.45) is -0.595. The molecule has 0 fully saturated rings. The maximum absolute atomic E-state index is 9.95. The van der Waals surface area contributed by atoms with Gasteiger partial charge < -0.3 is 4.74 Å². The number of carbonyl (C=O) groups is 1. The second kappa shape index (κ2) is 10.8. The molecule has 0 heterocycles. The van der Waals surface area contributed by atoms with Crippen molar-refractivity contribution in [3.63, 3.8) is 0 Å². The largest absolute Gasteiger partial charge is 0.449 e. The van der Waals surface area contributed by atoms with Crippen molar-refractivity contribution in [3.8, 4) is 0 Å². The van der Waals surface area contributed by atoms with E-state index in [4.69, 9.17) is 23.8 Å². The molecule has 2 aromatic rings. The second-order valence-electron chi connectivity index (χ2n) is 5.48. The van der Waals surface area contributed by atoms with Crippen molar-refractivity contribution in [2.24, 2.45) is 5.84 Å². The molecular formula is C19H23ClN2O2S. The van der Waals surface area contributed by atoms with Gasteiger partial charge in [0.1, 0.15) is 0 Å². The predicted octanol–water partition coefficient (Wildman–Crippen LogP) is 4.84. The molecule has 25 heavy (non-hydrogen) atoms. The summed E-state index contributed by atoms with van der Waals surface area (Å²) in [6, 6.07) is 16.1. The average Bonchev–Trinajstić information content (AvgIpc) is 2.62. The molecule has 0 bridgehead atoms. The lowest BCUT2D eigenvalue weighted by molar-refractivity contribution is 0.152. The molecule has 0 spiro atoms. The molecule has 2 rings (SSSR count). The van der Waals surface area contributed by atoms with E-state index in [1.54, 1.807) is 12.3 Å². The lowest BCUT2D eigenvalue weighted by Gasteiger charge is -2.08. The number of amides is 1. The molecule has 4 nitrogen and oxygen atoms in total. The number of hydrazine groups is 1. The molecule has 0 aliphatic carbocycles. The zero-order valence-electron chi connectivity index (χ0n) is 14.6. The summed E-state index contributed by atoms with van der Waals surface area (Å²) >= 11 is 11.4. The fourth-order valence-electron chi connectivity index (χ4n) is 1.96. The van der Waals surface area contributed by atoms with Crippen LogP contribution in [0.2, 0.25) is 5.02 Å². The summed E-state index contributed by atoms with van der Waals surface area (Å²) in [5.41, 5.74) is 5.25. The average molecular weight is 379 g/mol. The third-order valence-corrected chi connectivity index (χ3v) is 4.06. The summed E-state index contributed by atoms with van der Waals surface area (Å²) in [4.78, 5) is 10.8. The molecule has 1 amide bonds. The molecule has 0 radical (unpaired) electrons. The molecule has 0 atom stereocenters. The third kappa shape index (κ3) is 7.22. The predicted molar refractivity (Wildman–Crippen MR) is 107 cm³/mol. The smallest absolute Gasteiger partial charge is 0.421 e. The number of benzene rings is 2.